The first-order valence-electron chi connectivity index (χ1n) is 3.96. The van der Waals surface area contributed by atoms with Crippen molar-refractivity contribution < 1.29 is 8.78 Å². The Hall–Kier alpha value is -0.870. The van der Waals surface area contributed by atoms with Crippen LogP contribution in [0, 0.1) is 0 Å². The first kappa shape index (κ1) is 9.22. The van der Waals surface area contributed by atoms with Gasteiger partial charge < -0.3 is 11.5 Å². The van der Waals surface area contributed by atoms with E-state index in [1.54, 1.807) is 0 Å². The summed E-state index contributed by atoms with van der Waals surface area (Å²) in [5.41, 5.74) is 10.3. The molecule has 12 heavy (non-hydrogen) atoms. The maximum atomic E-state index is 12.6. The van der Waals surface area contributed by atoms with Crippen LogP contribution >= 0.6 is 0 Å². The van der Waals surface area contributed by atoms with E-state index in [0.717, 1.165) is 0 Å². The summed E-state index contributed by atoms with van der Waals surface area (Å²) in [5, 5.41) is 0. The maximum Gasteiger partial charge on any atom is 0.248 e. The average molecular weight is 177 g/mol. The fourth-order valence-corrected chi connectivity index (χ4v) is 1.36. The van der Waals surface area contributed by atoms with Crippen LogP contribution in [0.15, 0.2) is 4.99 Å². The van der Waals surface area contributed by atoms with Crippen molar-refractivity contribution in [2.45, 2.75) is 37.6 Å². The highest BCUT2D eigenvalue weighted by Crippen LogP contribution is 2.34. The fraction of sp³-hybridized carbons (Fsp3) is 0.857. The summed E-state index contributed by atoms with van der Waals surface area (Å²) < 4.78 is 25.2. The minimum absolute atomic E-state index is 0.00906. The lowest BCUT2D eigenvalue weighted by Gasteiger charge is -2.25. The number of aliphatic imine (C=N–C) groups is 1. The normalized spacial score (nSPS) is 23.5. The first-order valence-corrected chi connectivity index (χ1v) is 3.96. The molecule has 0 aromatic carbocycles. The van der Waals surface area contributed by atoms with Crippen molar-refractivity contribution in [2.24, 2.45) is 16.5 Å². The van der Waals surface area contributed by atoms with Gasteiger partial charge in [0, 0.05) is 12.8 Å². The lowest BCUT2D eigenvalue weighted by Crippen LogP contribution is -2.30. The number of halogens is 2. The Morgan fingerprint density at radius 3 is 2.17 bits per heavy atom. The molecule has 1 rings (SSSR count). The van der Waals surface area contributed by atoms with Gasteiger partial charge in [-0.2, -0.15) is 0 Å². The lowest BCUT2D eigenvalue weighted by atomic mass is 9.93. The molecule has 0 aromatic heterocycles. The van der Waals surface area contributed by atoms with E-state index >= 15 is 0 Å². The Bertz CT molecular complexity index is 177. The van der Waals surface area contributed by atoms with Crippen molar-refractivity contribution in [3.05, 3.63) is 0 Å². The first-order chi connectivity index (χ1) is 5.49. The molecule has 0 aliphatic heterocycles. The molecule has 0 atom stereocenters. The minimum atomic E-state index is -2.50. The van der Waals surface area contributed by atoms with Crippen molar-refractivity contribution in [3.8, 4) is 0 Å². The van der Waals surface area contributed by atoms with Crippen LogP contribution in [0.4, 0.5) is 8.78 Å². The van der Waals surface area contributed by atoms with Crippen molar-refractivity contribution in [3.63, 3.8) is 0 Å². The van der Waals surface area contributed by atoms with Crippen molar-refractivity contribution in [1.82, 2.24) is 0 Å². The molecule has 1 aliphatic carbocycles. The quantitative estimate of drug-likeness (QED) is 0.460. The molecule has 0 saturated heterocycles. The zero-order valence-corrected chi connectivity index (χ0v) is 6.76. The van der Waals surface area contributed by atoms with E-state index in [9.17, 15) is 8.78 Å². The monoisotopic (exact) mass is 177 g/mol. The molecule has 0 amide bonds. The molecule has 1 fully saturated rings. The highest BCUT2D eigenvalue weighted by Gasteiger charge is 2.34. The largest absolute Gasteiger partial charge is 0.370 e. The Morgan fingerprint density at radius 1 is 1.25 bits per heavy atom. The smallest absolute Gasteiger partial charge is 0.248 e. The van der Waals surface area contributed by atoms with E-state index in [1.165, 1.54) is 0 Å². The zero-order chi connectivity index (χ0) is 9.19. The van der Waals surface area contributed by atoms with Gasteiger partial charge in [-0.25, -0.2) is 8.78 Å². The molecule has 3 nitrogen and oxygen atoms in total. The molecule has 0 heterocycles. The molecule has 0 radical (unpaired) electrons. The third-order valence-electron chi connectivity index (χ3n) is 2.02. The molecule has 0 aromatic rings. The van der Waals surface area contributed by atoms with Crippen LogP contribution in [-0.4, -0.2) is 17.9 Å². The third kappa shape index (κ3) is 2.64. The van der Waals surface area contributed by atoms with Gasteiger partial charge in [0.2, 0.25) is 5.92 Å². The molecule has 0 bridgehead atoms. The van der Waals surface area contributed by atoms with E-state index in [-0.39, 0.29) is 24.8 Å². The van der Waals surface area contributed by atoms with Crippen LogP contribution in [0.5, 0.6) is 0 Å². The van der Waals surface area contributed by atoms with Gasteiger partial charge in [-0.3, -0.25) is 4.99 Å². The van der Waals surface area contributed by atoms with E-state index in [4.69, 9.17) is 11.5 Å². The topological polar surface area (TPSA) is 64.4 Å². The summed E-state index contributed by atoms with van der Waals surface area (Å²) >= 11 is 0. The summed E-state index contributed by atoms with van der Waals surface area (Å²) in [4.78, 5) is 3.84. The molecule has 1 aliphatic rings. The Balaban J connectivity index is 2.42. The second kappa shape index (κ2) is 3.25. The number of rotatable bonds is 1. The predicted octanol–water partition coefficient (Wildman–Crippen LogP) is 0.838. The van der Waals surface area contributed by atoms with Gasteiger partial charge in [-0.05, 0) is 12.8 Å². The second-order valence-corrected chi connectivity index (χ2v) is 3.14. The fourth-order valence-electron chi connectivity index (χ4n) is 1.36. The number of nitrogens with zero attached hydrogens (tertiary/aromatic N) is 1. The number of nitrogens with two attached hydrogens (primary N) is 2. The van der Waals surface area contributed by atoms with Crippen molar-refractivity contribution in [2.75, 3.05) is 0 Å². The predicted molar refractivity (Wildman–Crippen MR) is 43.0 cm³/mol. The summed E-state index contributed by atoms with van der Waals surface area (Å²) in [6.07, 6.45) is 0.554. The van der Waals surface area contributed by atoms with Gasteiger partial charge in [0.1, 0.15) is 0 Å². The maximum absolute atomic E-state index is 12.6. The van der Waals surface area contributed by atoms with Gasteiger partial charge >= 0.3 is 0 Å². The Labute approximate surface area is 69.8 Å². The van der Waals surface area contributed by atoms with Crippen LogP contribution in [0.2, 0.25) is 0 Å². The number of alkyl halides is 2. The third-order valence-corrected chi connectivity index (χ3v) is 2.02. The van der Waals surface area contributed by atoms with Crippen molar-refractivity contribution >= 4 is 5.96 Å². The van der Waals surface area contributed by atoms with Crippen LogP contribution < -0.4 is 11.5 Å². The van der Waals surface area contributed by atoms with Crippen molar-refractivity contribution in [1.29, 1.82) is 0 Å². The van der Waals surface area contributed by atoms with Crippen LogP contribution in [0.3, 0.4) is 0 Å². The van der Waals surface area contributed by atoms with Gasteiger partial charge in [-0.1, -0.05) is 0 Å². The SMILES string of the molecule is NC(N)=NC1CCC(F)(F)CC1. The van der Waals surface area contributed by atoms with Crippen LogP contribution in [0.1, 0.15) is 25.7 Å². The molecule has 5 heteroatoms. The zero-order valence-electron chi connectivity index (χ0n) is 6.76. The van der Waals surface area contributed by atoms with Crippen LogP contribution in [0.25, 0.3) is 0 Å². The molecule has 0 unspecified atom stereocenters. The molecular weight excluding hydrogens is 164 g/mol. The molecular formula is C7H13F2N3. The average Bonchev–Trinajstić information content (AvgIpc) is 1.93. The minimum Gasteiger partial charge on any atom is -0.370 e. The number of guanidine groups is 1. The van der Waals surface area contributed by atoms with Gasteiger partial charge in [0.25, 0.3) is 0 Å². The van der Waals surface area contributed by atoms with E-state index in [0.29, 0.717) is 12.8 Å². The Morgan fingerprint density at radius 2 is 1.75 bits per heavy atom. The molecule has 4 N–H and O–H groups in total. The summed E-state index contributed by atoms with van der Waals surface area (Å²) in [6, 6.07) is -0.102. The van der Waals surface area contributed by atoms with E-state index < -0.39 is 5.92 Å². The second-order valence-electron chi connectivity index (χ2n) is 3.14. The van der Waals surface area contributed by atoms with E-state index in [2.05, 4.69) is 4.99 Å². The van der Waals surface area contributed by atoms with Crippen LogP contribution in [-0.2, 0) is 0 Å². The molecule has 1 saturated carbocycles. The van der Waals surface area contributed by atoms with Gasteiger partial charge in [0.05, 0.1) is 6.04 Å². The van der Waals surface area contributed by atoms with Gasteiger partial charge in [0.15, 0.2) is 5.96 Å². The lowest BCUT2D eigenvalue weighted by molar-refractivity contribution is -0.0373. The Kier molecular flexibility index (Phi) is 2.49. The standard InChI is InChI=1S/C7H13F2N3/c8-7(9)3-1-5(2-4-7)12-6(10)11/h5H,1-4H2,(H4,10,11,12). The summed E-state index contributed by atoms with van der Waals surface area (Å²) in [6.45, 7) is 0. The van der Waals surface area contributed by atoms with Gasteiger partial charge in [-0.15, -0.1) is 0 Å². The summed E-state index contributed by atoms with van der Waals surface area (Å²) in [5.74, 6) is -2.51. The number of hydrogen-bond donors (Lipinski definition) is 2. The highest BCUT2D eigenvalue weighted by molar-refractivity contribution is 5.75. The summed E-state index contributed by atoms with van der Waals surface area (Å²) in [7, 11) is 0. The molecule has 0 spiro atoms. The number of hydrogen-bond acceptors (Lipinski definition) is 1. The van der Waals surface area contributed by atoms with E-state index in [1.807, 2.05) is 0 Å². The molecule has 70 valence electrons. The highest BCUT2D eigenvalue weighted by atomic mass is 19.3.